The van der Waals surface area contributed by atoms with E-state index < -0.39 is 5.60 Å². The molecule has 0 amide bonds. The van der Waals surface area contributed by atoms with E-state index in [1.165, 1.54) is 0 Å². The van der Waals surface area contributed by atoms with Crippen molar-refractivity contribution < 1.29 is 19.0 Å². The molecule has 7 nitrogen and oxygen atoms in total. The predicted octanol–water partition coefficient (Wildman–Crippen LogP) is 2.63. The van der Waals surface area contributed by atoms with Crippen LogP contribution in [0, 0.1) is 0 Å². The normalized spacial score (nSPS) is 15.0. The maximum Gasteiger partial charge on any atom is 0.231 e. The lowest BCUT2D eigenvalue weighted by molar-refractivity contribution is 0.0437. The van der Waals surface area contributed by atoms with Crippen molar-refractivity contribution in [2.75, 3.05) is 26.4 Å². The first-order valence-corrected chi connectivity index (χ1v) is 8.75. The monoisotopic (exact) mass is 487 g/mol. The molecule has 0 saturated carbocycles. The van der Waals surface area contributed by atoms with E-state index in [2.05, 4.69) is 15.6 Å². The number of furan rings is 1. The molecule has 0 bridgehead atoms. The van der Waals surface area contributed by atoms with E-state index in [-0.39, 0.29) is 37.3 Å². The van der Waals surface area contributed by atoms with Gasteiger partial charge in [0.15, 0.2) is 17.5 Å². The fourth-order valence-electron chi connectivity index (χ4n) is 2.66. The van der Waals surface area contributed by atoms with Crippen molar-refractivity contribution in [3.63, 3.8) is 0 Å². The summed E-state index contributed by atoms with van der Waals surface area (Å²) in [5.41, 5.74) is 0.00332. The van der Waals surface area contributed by atoms with Gasteiger partial charge in [-0.15, -0.1) is 24.0 Å². The van der Waals surface area contributed by atoms with Crippen LogP contribution in [0.5, 0.6) is 11.5 Å². The van der Waals surface area contributed by atoms with Crippen molar-refractivity contribution >= 4 is 29.9 Å². The number of rotatable bonds is 7. The molecule has 1 aromatic carbocycles. The standard InChI is InChI=1S/C19H25N3O4.HI/c1-3-20-18(22-12-19(2,23)17-5-4-10-24-17)21-9-8-14-6-7-15-16(11-14)26-13-25-15;/h4-7,10-11,23H,3,8-9,12-13H2,1-2H3,(H2,20,21,22);1H. The Balaban J connectivity index is 0.00000261. The van der Waals surface area contributed by atoms with Crippen LogP contribution in [0.3, 0.4) is 0 Å². The molecule has 1 atom stereocenters. The number of ether oxygens (including phenoxy) is 2. The van der Waals surface area contributed by atoms with Crippen molar-refractivity contribution in [1.29, 1.82) is 0 Å². The van der Waals surface area contributed by atoms with Gasteiger partial charge in [0, 0.05) is 13.1 Å². The first kappa shape index (κ1) is 21.4. The van der Waals surface area contributed by atoms with Crippen LogP contribution < -0.4 is 20.1 Å². The minimum atomic E-state index is -1.15. The van der Waals surface area contributed by atoms with Crippen LogP contribution in [-0.2, 0) is 12.0 Å². The van der Waals surface area contributed by atoms with Gasteiger partial charge in [0.1, 0.15) is 11.4 Å². The highest BCUT2D eigenvalue weighted by atomic mass is 127. The van der Waals surface area contributed by atoms with E-state index in [0.29, 0.717) is 18.3 Å². The summed E-state index contributed by atoms with van der Waals surface area (Å²) in [5, 5.41) is 17.0. The quantitative estimate of drug-likeness (QED) is 0.316. The summed E-state index contributed by atoms with van der Waals surface area (Å²) in [7, 11) is 0. The Hall–Kier alpha value is -1.94. The fraction of sp³-hybridized carbons (Fsp3) is 0.421. The molecular formula is C19H26IN3O4. The summed E-state index contributed by atoms with van der Waals surface area (Å²) in [6.07, 6.45) is 2.36. The van der Waals surface area contributed by atoms with E-state index >= 15 is 0 Å². The molecule has 0 fully saturated rings. The number of aliphatic hydroxyl groups is 1. The van der Waals surface area contributed by atoms with E-state index in [4.69, 9.17) is 13.9 Å². The lowest BCUT2D eigenvalue weighted by atomic mass is 10.0. The van der Waals surface area contributed by atoms with Crippen LogP contribution >= 0.6 is 24.0 Å². The summed E-state index contributed by atoms with van der Waals surface area (Å²) in [4.78, 5) is 4.47. The van der Waals surface area contributed by atoms with Crippen LogP contribution in [0.2, 0.25) is 0 Å². The SMILES string of the molecule is CCNC(=NCC(C)(O)c1ccco1)NCCc1ccc2c(c1)OCO2.I. The molecule has 1 aliphatic heterocycles. The molecule has 8 heteroatoms. The highest BCUT2D eigenvalue weighted by Crippen LogP contribution is 2.32. The first-order valence-electron chi connectivity index (χ1n) is 8.75. The largest absolute Gasteiger partial charge is 0.466 e. The minimum Gasteiger partial charge on any atom is -0.466 e. The Bertz CT molecular complexity index is 747. The maximum atomic E-state index is 10.5. The Kier molecular flexibility index (Phi) is 7.78. The number of nitrogens with one attached hydrogen (secondary N) is 2. The Morgan fingerprint density at radius 2 is 2.04 bits per heavy atom. The Labute approximate surface area is 176 Å². The zero-order valence-corrected chi connectivity index (χ0v) is 17.9. The van der Waals surface area contributed by atoms with Gasteiger partial charge in [-0.1, -0.05) is 6.07 Å². The van der Waals surface area contributed by atoms with Gasteiger partial charge in [0.05, 0.1) is 12.8 Å². The van der Waals surface area contributed by atoms with Crippen molar-refractivity contribution in [2.24, 2.45) is 4.99 Å². The zero-order valence-electron chi connectivity index (χ0n) is 15.5. The number of nitrogens with zero attached hydrogens (tertiary/aromatic N) is 1. The Morgan fingerprint density at radius 1 is 1.22 bits per heavy atom. The van der Waals surface area contributed by atoms with Gasteiger partial charge < -0.3 is 29.6 Å². The minimum absolute atomic E-state index is 0. The smallest absolute Gasteiger partial charge is 0.231 e. The second-order valence-electron chi connectivity index (χ2n) is 6.31. The molecule has 0 spiro atoms. The van der Waals surface area contributed by atoms with Gasteiger partial charge in [0.2, 0.25) is 6.79 Å². The predicted molar refractivity (Wildman–Crippen MR) is 114 cm³/mol. The first-order chi connectivity index (χ1) is 12.6. The van der Waals surface area contributed by atoms with Crippen LogP contribution in [0.1, 0.15) is 25.2 Å². The van der Waals surface area contributed by atoms with Crippen molar-refractivity contribution in [1.82, 2.24) is 10.6 Å². The van der Waals surface area contributed by atoms with Crippen molar-refractivity contribution in [2.45, 2.75) is 25.9 Å². The number of guanidine groups is 1. The van der Waals surface area contributed by atoms with Crippen molar-refractivity contribution in [3.8, 4) is 11.5 Å². The molecule has 0 aliphatic carbocycles. The molecule has 1 unspecified atom stereocenters. The molecule has 0 saturated heterocycles. The molecular weight excluding hydrogens is 461 g/mol. The second kappa shape index (κ2) is 9.84. The van der Waals surface area contributed by atoms with E-state index in [0.717, 1.165) is 30.0 Å². The molecule has 2 aromatic rings. The number of benzene rings is 1. The van der Waals surface area contributed by atoms with Gasteiger partial charge in [0.25, 0.3) is 0 Å². The topological polar surface area (TPSA) is 88.3 Å². The second-order valence-corrected chi connectivity index (χ2v) is 6.31. The Morgan fingerprint density at radius 3 is 2.78 bits per heavy atom. The number of halogens is 1. The zero-order chi connectivity index (χ0) is 18.4. The van der Waals surface area contributed by atoms with Gasteiger partial charge in [-0.05, 0) is 50.1 Å². The third kappa shape index (κ3) is 5.77. The lowest BCUT2D eigenvalue weighted by Gasteiger charge is -2.19. The van der Waals surface area contributed by atoms with Crippen LogP contribution in [0.4, 0.5) is 0 Å². The van der Waals surface area contributed by atoms with Crippen LogP contribution in [0.15, 0.2) is 46.0 Å². The van der Waals surface area contributed by atoms with Crippen LogP contribution in [0.25, 0.3) is 0 Å². The molecule has 148 valence electrons. The molecule has 2 heterocycles. The highest BCUT2D eigenvalue weighted by Gasteiger charge is 2.26. The van der Waals surface area contributed by atoms with E-state index in [1.807, 2.05) is 25.1 Å². The van der Waals surface area contributed by atoms with Gasteiger partial charge in [-0.2, -0.15) is 0 Å². The molecule has 0 radical (unpaired) electrons. The lowest BCUT2D eigenvalue weighted by Crippen LogP contribution is -2.39. The summed E-state index contributed by atoms with van der Waals surface area (Å²) in [6.45, 7) is 5.60. The van der Waals surface area contributed by atoms with E-state index in [1.54, 1.807) is 25.3 Å². The fourth-order valence-corrected chi connectivity index (χ4v) is 2.66. The maximum absolute atomic E-state index is 10.5. The number of fused-ring (bicyclic) bond motifs is 1. The van der Waals surface area contributed by atoms with Gasteiger partial charge in [-0.25, -0.2) is 4.99 Å². The summed E-state index contributed by atoms with van der Waals surface area (Å²) >= 11 is 0. The van der Waals surface area contributed by atoms with Crippen molar-refractivity contribution in [3.05, 3.63) is 47.9 Å². The molecule has 1 aromatic heterocycles. The van der Waals surface area contributed by atoms with Crippen LogP contribution in [-0.4, -0.2) is 37.5 Å². The number of aliphatic imine (C=N–C) groups is 1. The molecule has 3 N–H and O–H groups in total. The molecule has 3 rings (SSSR count). The summed E-state index contributed by atoms with van der Waals surface area (Å²) in [5.74, 6) is 2.73. The average molecular weight is 487 g/mol. The summed E-state index contributed by atoms with van der Waals surface area (Å²) in [6, 6.07) is 9.45. The van der Waals surface area contributed by atoms with Gasteiger partial charge in [-0.3, -0.25) is 0 Å². The third-order valence-electron chi connectivity index (χ3n) is 4.08. The number of hydrogen-bond donors (Lipinski definition) is 3. The highest BCUT2D eigenvalue weighted by molar-refractivity contribution is 14.0. The van der Waals surface area contributed by atoms with Gasteiger partial charge >= 0.3 is 0 Å². The number of hydrogen-bond acceptors (Lipinski definition) is 5. The van der Waals surface area contributed by atoms with E-state index in [9.17, 15) is 5.11 Å². The summed E-state index contributed by atoms with van der Waals surface area (Å²) < 4.78 is 16.0. The molecule has 27 heavy (non-hydrogen) atoms. The molecule has 1 aliphatic rings. The third-order valence-corrected chi connectivity index (χ3v) is 4.08. The average Bonchev–Trinajstić information content (AvgIpc) is 3.31.